The van der Waals surface area contributed by atoms with Crippen molar-refractivity contribution >= 4 is 11.6 Å². The van der Waals surface area contributed by atoms with Crippen molar-refractivity contribution in [2.24, 2.45) is 0 Å². The zero-order chi connectivity index (χ0) is 13.7. The molecule has 5 heteroatoms. The number of benzene rings is 1. The molecule has 0 N–H and O–H groups in total. The molecule has 0 aliphatic rings. The molecule has 19 heavy (non-hydrogen) atoms. The number of halogens is 1. The number of rotatable bonds is 6. The summed E-state index contributed by atoms with van der Waals surface area (Å²) in [7, 11) is 1.65. The van der Waals surface area contributed by atoms with Crippen LogP contribution in [0, 0.1) is 0 Å². The first kappa shape index (κ1) is 13.9. The number of hydrogen-bond acceptors (Lipinski definition) is 4. The largest absolute Gasteiger partial charge is 0.497 e. The van der Waals surface area contributed by atoms with Gasteiger partial charge in [-0.15, -0.1) is 11.6 Å². The minimum absolute atomic E-state index is 0.173. The molecule has 0 spiro atoms. The SMILES string of the molecule is CCCC(Cl)c1noc(Cc2cccc(OC)c2)n1. The van der Waals surface area contributed by atoms with Crippen LogP contribution in [0.5, 0.6) is 5.75 Å². The Bertz CT molecular complexity index is 528. The lowest BCUT2D eigenvalue weighted by molar-refractivity contribution is 0.378. The monoisotopic (exact) mass is 280 g/mol. The van der Waals surface area contributed by atoms with Crippen LogP contribution in [-0.4, -0.2) is 17.3 Å². The average molecular weight is 281 g/mol. The number of alkyl halides is 1. The lowest BCUT2D eigenvalue weighted by atomic mass is 10.1. The molecule has 0 radical (unpaired) electrons. The van der Waals surface area contributed by atoms with Crippen molar-refractivity contribution in [3.63, 3.8) is 0 Å². The van der Waals surface area contributed by atoms with Crippen LogP contribution >= 0.6 is 11.6 Å². The third kappa shape index (κ3) is 3.70. The highest BCUT2D eigenvalue weighted by atomic mass is 35.5. The Kier molecular flexibility index (Phi) is 4.80. The van der Waals surface area contributed by atoms with Crippen molar-refractivity contribution in [3.05, 3.63) is 41.5 Å². The maximum Gasteiger partial charge on any atom is 0.231 e. The summed E-state index contributed by atoms with van der Waals surface area (Å²) in [5.74, 6) is 1.96. The van der Waals surface area contributed by atoms with Gasteiger partial charge in [-0.2, -0.15) is 4.98 Å². The van der Waals surface area contributed by atoms with E-state index in [0.29, 0.717) is 18.1 Å². The van der Waals surface area contributed by atoms with Crippen molar-refractivity contribution < 1.29 is 9.26 Å². The molecule has 0 saturated carbocycles. The van der Waals surface area contributed by atoms with E-state index in [9.17, 15) is 0 Å². The first-order valence-corrected chi connectivity index (χ1v) is 6.76. The van der Waals surface area contributed by atoms with Gasteiger partial charge in [0.25, 0.3) is 0 Å². The molecule has 1 aromatic carbocycles. The summed E-state index contributed by atoms with van der Waals surface area (Å²) in [6.07, 6.45) is 2.42. The lowest BCUT2D eigenvalue weighted by Gasteiger charge is -2.01. The smallest absolute Gasteiger partial charge is 0.231 e. The molecule has 1 aromatic heterocycles. The second-order valence-electron chi connectivity index (χ2n) is 4.33. The number of aromatic nitrogens is 2. The summed E-state index contributed by atoms with van der Waals surface area (Å²) in [4.78, 5) is 4.33. The highest BCUT2D eigenvalue weighted by Gasteiger charge is 2.15. The van der Waals surface area contributed by atoms with Gasteiger partial charge in [0.15, 0.2) is 5.82 Å². The van der Waals surface area contributed by atoms with Gasteiger partial charge >= 0.3 is 0 Å². The van der Waals surface area contributed by atoms with E-state index in [1.54, 1.807) is 7.11 Å². The predicted molar refractivity (Wildman–Crippen MR) is 73.6 cm³/mol. The van der Waals surface area contributed by atoms with Crippen molar-refractivity contribution in [3.8, 4) is 5.75 Å². The van der Waals surface area contributed by atoms with Gasteiger partial charge < -0.3 is 9.26 Å². The molecule has 0 aliphatic heterocycles. The van der Waals surface area contributed by atoms with Gasteiger partial charge in [-0.05, 0) is 24.1 Å². The van der Waals surface area contributed by atoms with Crippen LogP contribution in [0.3, 0.4) is 0 Å². The van der Waals surface area contributed by atoms with Crippen molar-refractivity contribution in [2.75, 3.05) is 7.11 Å². The maximum absolute atomic E-state index is 6.17. The van der Waals surface area contributed by atoms with E-state index >= 15 is 0 Å². The maximum atomic E-state index is 6.17. The molecule has 0 amide bonds. The van der Waals surface area contributed by atoms with Crippen LogP contribution in [0.25, 0.3) is 0 Å². The van der Waals surface area contributed by atoms with E-state index in [-0.39, 0.29) is 5.38 Å². The van der Waals surface area contributed by atoms with Crippen LogP contribution in [0.1, 0.15) is 42.4 Å². The Morgan fingerprint density at radius 1 is 1.42 bits per heavy atom. The number of ether oxygens (including phenoxy) is 1. The topological polar surface area (TPSA) is 48.2 Å². The number of hydrogen-bond donors (Lipinski definition) is 0. The van der Waals surface area contributed by atoms with E-state index in [4.69, 9.17) is 20.9 Å². The van der Waals surface area contributed by atoms with Crippen molar-refractivity contribution in [1.29, 1.82) is 0 Å². The van der Waals surface area contributed by atoms with Crippen LogP contribution in [-0.2, 0) is 6.42 Å². The minimum atomic E-state index is -0.173. The fourth-order valence-corrected chi connectivity index (χ4v) is 2.11. The van der Waals surface area contributed by atoms with Crippen LogP contribution in [0.4, 0.5) is 0 Å². The van der Waals surface area contributed by atoms with Gasteiger partial charge in [0.2, 0.25) is 5.89 Å². The first-order chi connectivity index (χ1) is 9.22. The Morgan fingerprint density at radius 3 is 3.00 bits per heavy atom. The summed E-state index contributed by atoms with van der Waals surface area (Å²) in [5, 5.41) is 3.75. The molecule has 102 valence electrons. The van der Waals surface area contributed by atoms with Crippen molar-refractivity contribution in [2.45, 2.75) is 31.6 Å². The van der Waals surface area contributed by atoms with Crippen LogP contribution in [0.15, 0.2) is 28.8 Å². The van der Waals surface area contributed by atoms with Gasteiger partial charge in [-0.1, -0.05) is 30.6 Å². The lowest BCUT2D eigenvalue weighted by Crippen LogP contribution is -1.94. The van der Waals surface area contributed by atoms with Gasteiger partial charge in [0.1, 0.15) is 5.75 Å². The number of nitrogens with zero attached hydrogens (tertiary/aromatic N) is 2. The Morgan fingerprint density at radius 2 is 2.26 bits per heavy atom. The molecule has 0 saturated heterocycles. The van der Waals surface area contributed by atoms with Crippen LogP contribution < -0.4 is 4.74 Å². The molecule has 4 nitrogen and oxygen atoms in total. The number of methoxy groups -OCH3 is 1. The molecular weight excluding hydrogens is 264 g/mol. The first-order valence-electron chi connectivity index (χ1n) is 6.32. The third-order valence-electron chi connectivity index (χ3n) is 2.80. The molecular formula is C14H17ClN2O2. The highest BCUT2D eigenvalue weighted by Crippen LogP contribution is 2.23. The van der Waals surface area contributed by atoms with E-state index < -0.39 is 0 Å². The third-order valence-corrected chi connectivity index (χ3v) is 3.21. The van der Waals surface area contributed by atoms with Gasteiger partial charge in [-0.3, -0.25) is 0 Å². The average Bonchev–Trinajstić information content (AvgIpc) is 2.88. The van der Waals surface area contributed by atoms with E-state index in [1.807, 2.05) is 24.3 Å². The predicted octanol–water partition coefficient (Wildman–Crippen LogP) is 3.75. The summed E-state index contributed by atoms with van der Waals surface area (Å²) < 4.78 is 10.4. The van der Waals surface area contributed by atoms with E-state index in [0.717, 1.165) is 24.2 Å². The second-order valence-corrected chi connectivity index (χ2v) is 4.86. The molecule has 0 fully saturated rings. The fraction of sp³-hybridized carbons (Fsp3) is 0.429. The molecule has 2 rings (SSSR count). The quantitative estimate of drug-likeness (QED) is 0.756. The van der Waals surface area contributed by atoms with Gasteiger partial charge in [0, 0.05) is 0 Å². The Labute approximate surface area is 117 Å². The Balaban J connectivity index is 2.06. The standard InChI is InChI=1S/C14H17ClN2O2/c1-3-5-12(15)14-16-13(19-17-14)9-10-6-4-7-11(8-10)18-2/h4,6-8,12H,3,5,9H2,1-2H3. The molecule has 0 bridgehead atoms. The molecule has 2 aromatic rings. The van der Waals surface area contributed by atoms with Gasteiger partial charge in [-0.25, -0.2) is 0 Å². The minimum Gasteiger partial charge on any atom is -0.497 e. The zero-order valence-electron chi connectivity index (χ0n) is 11.1. The summed E-state index contributed by atoms with van der Waals surface area (Å²) in [6, 6.07) is 7.79. The Hall–Kier alpha value is -1.55. The van der Waals surface area contributed by atoms with Crippen LogP contribution in [0.2, 0.25) is 0 Å². The summed E-state index contributed by atoms with van der Waals surface area (Å²) in [5.41, 5.74) is 1.07. The van der Waals surface area contributed by atoms with E-state index in [1.165, 1.54) is 0 Å². The normalized spacial score (nSPS) is 12.4. The van der Waals surface area contributed by atoms with Crippen molar-refractivity contribution in [1.82, 2.24) is 10.1 Å². The van der Waals surface area contributed by atoms with E-state index in [2.05, 4.69) is 17.1 Å². The highest BCUT2D eigenvalue weighted by molar-refractivity contribution is 6.20. The summed E-state index contributed by atoms with van der Waals surface area (Å²) >= 11 is 6.17. The molecule has 0 aliphatic carbocycles. The zero-order valence-corrected chi connectivity index (χ0v) is 11.9. The molecule has 1 atom stereocenters. The summed E-state index contributed by atoms with van der Waals surface area (Å²) in [6.45, 7) is 2.08. The second kappa shape index (κ2) is 6.57. The van der Waals surface area contributed by atoms with Gasteiger partial charge in [0.05, 0.1) is 18.9 Å². The fourth-order valence-electron chi connectivity index (χ4n) is 1.81. The molecule has 1 heterocycles. The molecule has 1 unspecified atom stereocenters.